The van der Waals surface area contributed by atoms with Crippen molar-refractivity contribution >= 4 is 10.8 Å². The molecule has 0 bridgehead atoms. The summed E-state index contributed by atoms with van der Waals surface area (Å²) in [5.74, 6) is 0. The van der Waals surface area contributed by atoms with Crippen LogP contribution in [0.25, 0.3) is 10.8 Å². The van der Waals surface area contributed by atoms with Crippen LogP contribution in [0.2, 0.25) is 0 Å². The molecule has 1 aliphatic rings. The van der Waals surface area contributed by atoms with E-state index in [0.29, 0.717) is 19.6 Å². The molecule has 3 rings (SSSR count). The summed E-state index contributed by atoms with van der Waals surface area (Å²) in [4.78, 5) is 4.13. The molecule has 1 fully saturated rings. The second-order valence-corrected chi connectivity index (χ2v) is 4.46. The van der Waals surface area contributed by atoms with Gasteiger partial charge in [-0.15, -0.1) is 0 Å². The van der Waals surface area contributed by atoms with Gasteiger partial charge < -0.3 is 15.2 Å². The smallest absolute Gasteiger partial charge is 0.159 e. The quantitative estimate of drug-likeness (QED) is 0.897. The number of aromatic nitrogens is 1. The molecule has 0 radical (unpaired) electrons. The van der Waals surface area contributed by atoms with E-state index in [1.807, 2.05) is 24.4 Å². The molecule has 1 aromatic carbocycles. The predicted octanol–water partition coefficient (Wildman–Crippen LogP) is 2.00. The summed E-state index contributed by atoms with van der Waals surface area (Å²) in [7, 11) is 0. The minimum absolute atomic E-state index is 0.0841. The van der Waals surface area contributed by atoms with Crippen LogP contribution in [0.15, 0.2) is 36.7 Å². The molecule has 2 heterocycles. The highest BCUT2D eigenvalue weighted by atomic mass is 16.7. The summed E-state index contributed by atoms with van der Waals surface area (Å²) in [5.41, 5.74) is 7.38. The fourth-order valence-electron chi connectivity index (χ4n) is 2.35. The van der Waals surface area contributed by atoms with E-state index in [2.05, 4.69) is 11.1 Å². The highest BCUT2D eigenvalue weighted by Crippen LogP contribution is 2.26. The fraction of sp³-hybridized carbons (Fsp3) is 0.357. The van der Waals surface area contributed by atoms with Crippen molar-refractivity contribution in [2.75, 3.05) is 13.2 Å². The molecule has 0 amide bonds. The Morgan fingerprint density at radius 1 is 1.28 bits per heavy atom. The van der Waals surface area contributed by atoms with Crippen molar-refractivity contribution in [2.45, 2.75) is 18.8 Å². The van der Waals surface area contributed by atoms with Crippen LogP contribution in [0.1, 0.15) is 18.0 Å². The van der Waals surface area contributed by atoms with Crippen LogP contribution in [-0.4, -0.2) is 24.5 Å². The van der Waals surface area contributed by atoms with Crippen LogP contribution in [0, 0.1) is 0 Å². The maximum atomic E-state index is 6.26. The van der Waals surface area contributed by atoms with E-state index in [4.69, 9.17) is 15.2 Å². The van der Waals surface area contributed by atoms with E-state index in [1.54, 1.807) is 6.20 Å². The lowest BCUT2D eigenvalue weighted by molar-refractivity contribution is -0.0506. The number of rotatable bonds is 3. The van der Waals surface area contributed by atoms with E-state index in [0.717, 1.165) is 16.3 Å². The van der Waals surface area contributed by atoms with Gasteiger partial charge >= 0.3 is 0 Å². The van der Waals surface area contributed by atoms with Gasteiger partial charge in [-0.05, 0) is 17.0 Å². The molecule has 1 aliphatic heterocycles. The van der Waals surface area contributed by atoms with Crippen LogP contribution >= 0.6 is 0 Å². The molecule has 94 valence electrons. The highest BCUT2D eigenvalue weighted by Gasteiger charge is 2.21. The molecule has 0 aliphatic carbocycles. The number of fused-ring (bicyclic) bond motifs is 1. The van der Waals surface area contributed by atoms with Gasteiger partial charge in [-0.2, -0.15) is 0 Å². The van der Waals surface area contributed by atoms with Gasteiger partial charge in [0.15, 0.2) is 6.29 Å². The maximum absolute atomic E-state index is 6.26. The zero-order valence-electron chi connectivity index (χ0n) is 10.1. The third-order valence-corrected chi connectivity index (χ3v) is 3.25. The first-order chi connectivity index (χ1) is 8.84. The van der Waals surface area contributed by atoms with Crippen molar-refractivity contribution in [3.63, 3.8) is 0 Å². The van der Waals surface area contributed by atoms with Gasteiger partial charge in [0.05, 0.1) is 13.2 Å². The fourth-order valence-corrected chi connectivity index (χ4v) is 2.35. The van der Waals surface area contributed by atoms with Crippen molar-refractivity contribution in [2.24, 2.45) is 5.73 Å². The van der Waals surface area contributed by atoms with Crippen molar-refractivity contribution in [1.82, 2.24) is 4.98 Å². The van der Waals surface area contributed by atoms with Crippen LogP contribution in [-0.2, 0) is 9.47 Å². The Hall–Kier alpha value is -1.49. The number of pyridine rings is 1. The van der Waals surface area contributed by atoms with Gasteiger partial charge in [0.1, 0.15) is 0 Å². The van der Waals surface area contributed by atoms with Crippen LogP contribution in [0.5, 0.6) is 0 Å². The van der Waals surface area contributed by atoms with Crippen molar-refractivity contribution in [1.29, 1.82) is 0 Å². The molecular formula is C14H16N2O2. The van der Waals surface area contributed by atoms with Crippen molar-refractivity contribution < 1.29 is 9.47 Å². The molecule has 4 heteroatoms. The van der Waals surface area contributed by atoms with E-state index < -0.39 is 0 Å². The molecular weight excluding hydrogens is 228 g/mol. The summed E-state index contributed by atoms with van der Waals surface area (Å²) in [6.07, 6.45) is 4.16. The molecule has 1 saturated heterocycles. The number of ether oxygens (including phenoxy) is 2. The summed E-state index contributed by atoms with van der Waals surface area (Å²) in [6.45, 7) is 1.33. The monoisotopic (exact) mass is 244 g/mol. The van der Waals surface area contributed by atoms with Gasteiger partial charge in [0, 0.05) is 30.2 Å². The SMILES string of the molecule is NC(CC1OCCO1)c1cccc2cnccc12. The summed E-state index contributed by atoms with van der Waals surface area (Å²) in [5, 5.41) is 2.26. The lowest BCUT2D eigenvalue weighted by Gasteiger charge is -2.17. The van der Waals surface area contributed by atoms with Crippen LogP contribution in [0.3, 0.4) is 0 Å². The average molecular weight is 244 g/mol. The van der Waals surface area contributed by atoms with Gasteiger partial charge in [-0.25, -0.2) is 0 Å². The van der Waals surface area contributed by atoms with Gasteiger partial charge in [-0.1, -0.05) is 18.2 Å². The van der Waals surface area contributed by atoms with E-state index >= 15 is 0 Å². The molecule has 2 aromatic rings. The largest absolute Gasteiger partial charge is 0.350 e. The number of nitrogens with zero attached hydrogens (tertiary/aromatic N) is 1. The van der Waals surface area contributed by atoms with E-state index in [-0.39, 0.29) is 12.3 Å². The molecule has 18 heavy (non-hydrogen) atoms. The molecule has 1 unspecified atom stereocenters. The topological polar surface area (TPSA) is 57.4 Å². The molecule has 0 spiro atoms. The zero-order valence-corrected chi connectivity index (χ0v) is 10.1. The third kappa shape index (κ3) is 2.22. The number of hydrogen-bond acceptors (Lipinski definition) is 4. The number of nitrogens with two attached hydrogens (primary N) is 1. The van der Waals surface area contributed by atoms with Gasteiger partial charge in [-0.3, -0.25) is 4.98 Å². The minimum atomic E-state index is -0.169. The average Bonchev–Trinajstić information content (AvgIpc) is 2.91. The third-order valence-electron chi connectivity index (χ3n) is 3.25. The van der Waals surface area contributed by atoms with Crippen LogP contribution in [0.4, 0.5) is 0 Å². The first kappa shape index (κ1) is 11.6. The number of hydrogen-bond donors (Lipinski definition) is 1. The summed E-state index contributed by atoms with van der Waals surface area (Å²) >= 11 is 0. The van der Waals surface area contributed by atoms with E-state index in [9.17, 15) is 0 Å². The first-order valence-corrected chi connectivity index (χ1v) is 6.16. The molecule has 0 saturated carbocycles. The van der Waals surface area contributed by atoms with Gasteiger partial charge in [0.2, 0.25) is 0 Å². The second kappa shape index (κ2) is 5.02. The Bertz CT molecular complexity index is 533. The second-order valence-electron chi connectivity index (χ2n) is 4.46. The zero-order chi connectivity index (χ0) is 12.4. The van der Waals surface area contributed by atoms with Crippen molar-refractivity contribution in [3.05, 3.63) is 42.2 Å². The predicted molar refractivity (Wildman–Crippen MR) is 69.0 cm³/mol. The van der Waals surface area contributed by atoms with Gasteiger partial charge in [0.25, 0.3) is 0 Å². The molecule has 2 N–H and O–H groups in total. The Morgan fingerprint density at radius 3 is 2.94 bits per heavy atom. The lowest BCUT2D eigenvalue weighted by Crippen LogP contribution is -2.19. The molecule has 4 nitrogen and oxygen atoms in total. The maximum Gasteiger partial charge on any atom is 0.159 e. The molecule has 1 atom stereocenters. The Balaban J connectivity index is 1.88. The number of benzene rings is 1. The van der Waals surface area contributed by atoms with E-state index in [1.165, 1.54) is 0 Å². The molecule has 1 aromatic heterocycles. The minimum Gasteiger partial charge on any atom is -0.350 e. The lowest BCUT2D eigenvalue weighted by atomic mass is 9.98. The van der Waals surface area contributed by atoms with Crippen LogP contribution < -0.4 is 5.73 Å². The Morgan fingerprint density at radius 2 is 2.11 bits per heavy atom. The highest BCUT2D eigenvalue weighted by molar-refractivity contribution is 5.85. The normalized spacial score (nSPS) is 18.3. The first-order valence-electron chi connectivity index (χ1n) is 6.16. The standard InChI is InChI=1S/C14H16N2O2/c15-13(8-14-17-6-7-18-14)12-3-1-2-10-9-16-5-4-11(10)12/h1-5,9,13-14H,6-8,15H2. The summed E-state index contributed by atoms with van der Waals surface area (Å²) in [6, 6.07) is 8.03. The Kier molecular flexibility index (Phi) is 3.23. The van der Waals surface area contributed by atoms with Crippen molar-refractivity contribution in [3.8, 4) is 0 Å². The Labute approximate surface area is 106 Å². The summed E-state index contributed by atoms with van der Waals surface area (Å²) < 4.78 is 10.9.